The fraction of sp³-hybridized carbons (Fsp3) is 0.200. The zero-order valence-corrected chi connectivity index (χ0v) is 14.8. The fourth-order valence-electron chi connectivity index (χ4n) is 3.32. The Morgan fingerprint density at radius 2 is 1.93 bits per heavy atom. The van der Waals surface area contributed by atoms with Gasteiger partial charge in [0.05, 0.1) is 16.1 Å². The number of amides is 1. The number of nitrogens with one attached hydrogen (secondary N) is 1. The molecule has 0 unspecified atom stereocenters. The van der Waals surface area contributed by atoms with Crippen molar-refractivity contribution in [3.8, 4) is 0 Å². The number of fused-ring (bicyclic) bond motifs is 2. The molecule has 0 spiro atoms. The van der Waals surface area contributed by atoms with Gasteiger partial charge in [-0.1, -0.05) is 23.7 Å². The topological polar surface area (TPSA) is 42.0 Å². The minimum absolute atomic E-state index is 0.0786. The Balaban J connectivity index is 1.65. The van der Waals surface area contributed by atoms with Crippen molar-refractivity contribution in [2.24, 2.45) is 0 Å². The summed E-state index contributed by atoms with van der Waals surface area (Å²) in [5, 5.41) is 3.94. The molecule has 2 aromatic carbocycles. The molecule has 0 fully saturated rings. The summed E-state index contributed by atoms with van der Waals surface area (Å²) >= 11 is 6.46. The van der Waals surface area contributed by atoms with Crippen LogP contribution in [-0.4, -0.2) is 10.9 Å². The molecule has 1 N–H and O–H groups in total. The van der Waals surface area contributed by atoms with E-state index in [1.165, 1.54) is 12.1 Å². The quantitative estimate of drug-likeness (QED) is 0.614. The van der Waals surface area contributed by atoms with E-state index in [9.17, 15) is 18.0 Å². The molecule has 1 amide bonds. The van der Waals surface area contributed by atoms with E-state index < -0.39 is 17.6 Å². The van der Waals surface area contributed by atoms with Gasteiger partial charge in [0, 0.05) is 22.3 Å². The van der Waals surface area contributed by atoms with Crippen LogP contribution in [0.4, 0.5) is 18.9 Å². The van der Waals surface area contributed by atoms with Crippen molar-refractivity contribution in [1.82, 2.24) is 4.98 Å². The first kappa shape index (κ1) is 17.8. The van der Waals surface area contributed by atoms with Gasteiger partial charge in [-0.15, -0.1) is 0 Å². The number of rotatable bonds is 2. The summed E-state index contributed by atoms with van der Waals surface area (Å²) in [4.78, 5) is 17.1. The molecule has 3 nitrogen and oxygen atoms in total. The first-order valence-electron chi connectivity index (χ1n) is 8.42. The molecule has 27 heavy (non-hydrogen) atoms. The van der Waals surface area contributed by atoms with Gasteiger partial charge in [-0.3, -0.25) is 9.78 Å². The Kier molecular flexibility index (Phi) is 4.30. The van der Waals surface area contributed by atoms with Gasteiger partial charge in [-0.05, 0) is 55.2 Å². The number of alkyl halides is 3. The van der Waals surface area contributed by atoms with Crippen LogP contribution < -0.4 is 5.32 Å². The molecule has 0 atom stereocenters. The van der Waals surface area contributed by atoms with Crippen LogP contribution >= 0.6 is 11.6 Å². The lowest BCUT2D eigenvalue weighted by atomic mass is 10.1. The van der Waals surface area contributed by atoms with Crippen LogP contribution in [0.15, 0.2) is 42.5 Å². The summed E-state index contributed by atoms with van der Waals surface area (Å²) in [7, 11) is 0. The highest BCUT2D eigenvalue weighted by molar-refractivity contribution is 6.36. The summed E-state index contributed by atoms with van der Waals surface area (Å²) in [5.41, 5.74) is 2.18. The lowest BCUT2D eigenvalue weighted by Gasteiger charge is -2.11. The van der Waals surface area contributed by atoms with Crippen molar-refractivity contribution < 1.29 is 18.0 Å². The Morgan fingerprint density at radius 1 is 1.11 bits per heavy atom. The molecule has 0 radical (unpaired) electrons. The summed E-state index contributed by atoms with van der Waals surface area (Å²) in [5.74, 6) is -0.505. The van der Waals surface area contributed by atoms with Crippen LogP contribution in [-0.2, 0) is 19.0 Å². The Bertz CT molecular complexity index is 1060. The number of nitrogens with zero attached hydrogens (tertiary/aromatic N) is 1. The number of pyridine rings is 1. The predicted octanol–water partition coefficient (Wildman–Crippen LogP) is 5.65. The lowest BCUT2D eigenvalue weighted by Crippen LogP contribution is -2.13. The summed E-state index contributed by atoms with van der Waals surface area (Å²) in [6.07, 6.45) is -1.72. The van der Waals surface area contributed by atoms with Crippen molar-refractivity contribution in [2.45, 2.75) is 25.4 Å². The number of anilines is 1. The van der Waals surface area contributed by atoms with E-state index in [1.54, 1.807) is 18.2 Å². The standard InChI is InChI=1S/C20H14ClF3N2O/c21-18-14-5-2-6-16(14)26-17-9-11(7-8-15(17)18)19(27)25-13-4-1-3-12(10-13)20(22,23)24/h1,3-4,7-10H,2,5-6H2,(H,25,27). The Labute approximate surface area is 158 Å². The highest BCUT2D eigenvalue weighted by Gasteiger charge is 2.30. The second-order valence-corrected chi connectivity index (χ2v) is 6.85. The van der Waals surface area contributed by atoms with Crippen LogP contribution in [0.3, 0.4) is 0 Å². The van der Waals surface area contributed by atoms with Crippen molar-refractivity contribution >= 4 is 34.1 Å². The van der Waals surface area contributed by atoms with Crippen molar-refractivity contribution in [3.63, 3.8) is 0 Å². The first-order chi connectivity index (χ1) is 12.8. The molecular formula is C20H14ClF3N2O. The number of hydrogen-bond donors (Lipinski definition) is 1. The molecule has 4 rings (SSSR count). The third-order valence-electron chi connectivity index (χ3n) is 4.65. The molecule has 0 aliphatic heterocycles. The van der Waals surface area contributed by atoms with E-state index in [0.29, 0.717) is 16.1 Å². The van der Waals surface area contributed by atoms with Gasteiger partial charge in [0.15, 0.2) is 0 Å². The number of carbonyl (C=O) groups excluding carboxylic acids is 1. The van der Waals surface area contributed by atoms with Crippen LogP contribution in [0.2, 0.25) is 5.02 Å². The fourth-order valence-corrected chi connectivity index (χ4v) is 3.69. The molecule has 1 aliphatic carbocycles. The largest absolute Gasteiger partial charge is 0.416 e. The third-order valence-corrected chi connectivity index (χ3v) is 5.08. The predicted molar refractivity (Wildman–Crippen MR) is 98.2 cm³/mol. The molecule has 1 aliphatic rings. The monoisotopic (exact) mass is 390 g/mol. The molecule has 3 aromatic rings. The molecule has 1 aromatic heterocycles. The van der Waals surface area contributed by atoms with Gasteiger partial charge < -0.3 is 5.32 Å². The minimum atomic E-state index is -4.47. The normalized spacial score (nSPS) is 13.6. The second kappa shape index (κ2) is 6.53. The van der Waals surface area contributed by atoms with Crippen molar-refractivity contribution in [2.75, 3.05) is 5.32 Å². The molecule has 7 heteroatoms. The second-order valence-electron chi connectivity index (χ2n) is 6.47. The Hall–Kier alpha value is -2.60. The highest BCUT2D eigenvalue weighted by Crippen LogP contribution is 2.34. The van der Waals surface area contributed by atoms with Crippen LogP contribution in [0.1, 0.15) is 33.6 Å². The zero-order chi connectivity index (χ0) is 19.2. The summed E-state index contributed by atoms with van der Waals surface area (Å²) in [6.45, 7) is 0. The average molecular weight is 391 g/mol. The zero-order valence-electron chi connectivity index (χ0n) is 14.0. The molecule has 0 bridgehead atoms. The molecule has 138 valence electrons. The molecule has 1 heterocycles. The van der Waals surface area contributed by atoms with E-state index in [0.717, 1.165) is 48.0 Å². The van der Waals surface area contributed by atoms with Crippen LogP contribution in [0.25, 0.3) is 10.9 Å². The number of hydrogen-bond acceptors (Lipinski definition) is 2. The summed E-state index contributed by atoms with van der Waals surface area (Å²) in [6, 6.07) is 9.46. The minimum Gasteiger partial charge on any atom is -0.322 e. The Morgan fingerprint density at radius 3 is 2.70 bits per heavy atom. The van der Waals surface area contributed by atoms with E-state index in [1.807, 2.05) is 0 Å². The van der Waals surface area contributed by atoms with E-state index in [2.05, 4.69) is 10.3 Å². The maximum absolute atomic E-state index is 12.8. The lowest BCUT2D eigenvalue weighted by molar-refractivity contribution is -0.137. The molecule has 0 saturated heterocycles. The van der Waals surface area contributed by atoms with Gasteiger partial charge in [0.2, 0.25) is 0 Å². The van der Waals surface area contributed by atoms with Crippen molar-refractivity contribution in [3.05, 3.63) is 69.9 Å². The van der Waals surface area contributed by atoms with E-state index in [4.69, 9.17) is 11.6 Å². The van der Waals surface area contributed by atoms with Gasteiger partial charge in [0.25, 0.3) is 5.91 Å². The van der Waals surface area contributed by atoms with Crippen LogP contribution in [0.5, 0.6) is 0 Å². The van der Waals surface area contributed by atoms with E-state index in [-0.39, 0.29) is 5.69 Å². The van der Waals surface area contributed by atoms with Gasteiger partial charge in [0.1, 0.15) is 0 Å². The first-order valence-corrected chi connectivity index (χ1v) is 8.80. The number of halogens is 4. The van der Waals surface area contributed by atoms with Gasteiger partial charge in [-0.25, -0.2) is 0 Å². The smallest absolute Gasteiger partial charge is 0.322 e. The van der Waals surface area contributed by atoms with E-state index >= 15 is 0 Å². The number of benzene rings is 2. The van der Waals surface area contributed by atoms with Crippen LogP contribution in [0, 0.1) is 0 Å². The van der Waals surface area contributed by atoms with Crippen molar-refractivity contribution in [1.29, 1.82) is 0 Å². The highest BCUT2D eigenvalue weighted by atomic mass is 35.5. The SMILES string of the molecule is O=C(Nc1cccc(C(F)(F)F)c1)c1ccc2c(Cl)c3c(nc2c1)CCC3. The number of aryl methyl sites for hydroxylation is 1. The molecule has 0 saturated carbocycles. The van der Waals surface area contributed by atoms with Gasteiger partial charge in [-0.2, -0.15) is 13.2 Å². The average Bonchev–Trinajstić information content (AvgIpc) is 3.09. The molecular weight excluding hydrogens is 377 g/mol. The summed E-state index contributed by atoms with van der Waals surface area (Å²) < 4.78 is 38.4. The van der Waals surface area contributed by atoms with Gasteiger partial charge >= 0.3 is 6.18 Å². The maximum atomic E-state index is 12.8. The number of carbonyl (C=O) groups is 1. The maximum Gasteiger partial charge on any atom is 0.416 e. The third kappa shape index (κ3) is 3.37. The number of aromatic nitrogens is 1.